The molecule has 0 atom stereocenters. The highest BCUT2D eigenvalue weighted by atomic mass is 35.5. The molecule has 4 rings (SSSR count). The molecule has 0 aromatic heterocycles. The Morgan fingerprint density at radius 2 is 1.85 bits per heavy atom. The second kappa shape index (κ2) is 9.68. The lowest BCUT2D eigenvalue weighted by Gasteiger charge is -2.20. The van der Waals surface area contributed by atoms with E-state index in [1.807, 2.05) is 0 Å². The highest BCUT2D eigenvalue weighted by molar-refractivity contribution is 7.89. The van der Waals surface area contributed by atoms with Crippen LogP contribution in [-0.2, 0) is 21.2 Å². The van der Waals surface area contributed by atoms with Crippen molar-refractivity contribution in [1.82, 2.24) is 5.32 Å². The van der Waals surface area contributed by atoms with Crippen LogP contribution < -0.4 is 20.5 Å². The van der Waals surface area contributed by atoms with Gasteiger partial charge in [-0.1, -0.05) is 35.9 Å². The Labute approximate surface area is 201 Å². The number of amides is 2. The van der Waals surface area contributed by atoms with E-state index in [4.69, 9.17) is 21.5 Å². The molecule has 0 radical (unpaired) electrons. The van der Waals surface area contributed by atoms with Gasteiger partial charge in [0.2, 0.25) is 10.0 Å². The number of primary sulfonamides is 1. The molecule has 8 nitrogen and oxygen atoms in total. The molecule has 3 aromatic carbocycles. The molecule has 2 amide bonds. The van der Waals surface area contributed by atoms with E-state index in [9.17, 15) is 18.0 Å². The number of nitrogens with two attached hydrogens (primary N) is 1. The number of nitrogens with one attached hydrogen (secondary N) is 2. The molecular weight excluding hydrogens is 478 g/mol. The Kier molecular flexibility index (Phi) is 6.69. The Morgan fingerprint density at radius 1 is 1.09 bits per heavy atom. The summed E-state index contributed by atoms with van der Waals surface area (Å²) in [4.78, 5) is 25.0. The number of fused-ring (bicyclic) bond motifs is 1. The van der Waals surface area contributed by atoms with Crippen LogP contribution >= 0.6 is 11.6 Å². The summed E-state index contributed by atoms with van der Waals surface area (Å²) in [5.74, 6) is -0.230. The second-order valence-corrected chi connectivity index (χ2v) is 9.52. The summed E-state index contributed by atoms with van der Waals surface area (Å²) in [6, 6.07) is 17.9. The predicted molar refractivity (Wildman–Crippen MR) is 129 cm³/mol. The SMILES string of the molecule is NS(=O)(=O)c1ccc(CCNC(=O)c2ccc3c(c2)NC(=O)C(=Cc2cccc(Cl)c2)O3)cc1. The van der Waals surface area contributed by atoms with Gasteiger partial charge in [0.15, 0.2) is 11.5 Å². The van der Waals surface area contributed by atoms with E-state index in [1.165, 1.54) is 12.1 Å². The maximum Gasteiger partial charge on any atom is 0.291 e. The first-order chi connectivity index (χ1) is 16.2. The average Bonchev–Trinajstić information content (AvgIpc) is 2.79. The first-order valence-corrected chi connectivity index (χ1v) is 12.1. The van der Waals surface area contributed by atoms with E-state index < -0.39 is 15.9 Å². The molecular formula is C24H20ClN3O5S. The Balaban J connectivity index is 1.39. The van der Waals surface area contributed by atoms with Crippen LogP contribution in [-0.4, -0.2) is 26.8 Å². The number of carbonyl (C=O) groups is 2. The third kappa shape index (κ3) is 5.63. The molecule has 1 heterocycles. The number of anilines is 1. The van der Waals surface area contributed by atoms with Gasteiger partial charge in [-0.25, -0.2) is 13.6 Å². The van der Waals surface area contributed by atoms with Gasteiger partial charge < -0.3 is 15.4 Å². The van der Waals surface area contributed by atoms with Gasteiger partial charge in [0.05, 0.1) is 10.6 Å². The molecule has 0 fully saturated rings. The maximum absolute atomic E-state index is 12.5. The number of sulfonamides is 1. The molecule has 0 saturated carbocycles. The summed E-state index contributed by atoms with van der Waals surface area (Å²) in [5, 5.41) is 11.2. The van der Waals surface area contributed by atoms with Gasteiger partial charge in [-0.05, 0) is 66.1 Å². The van der Waals surface area contributed by atoms with Crippen molar-refractivity contribution in [2.45, 2.75) is 11.3 Å². The topological polar surface area (TPSA) is 128 Å². The van der Waals surface area contributed by atoms with Crippen molar-refractivity contribution in [1.29, 1.82) is 0 Å². The summed E-state index contributed by atoms with van der Waals surface area (Å²) in [6.07, 6.45) is 2.08. The first kappa shape index (κ1) is 23.5. The molecule has 1 aliphatic rings. The smallest absolute Gasteiger partial charge is 0.291 e. The number of carbonyl (C=O) groups excluding carboxylic acids is 2. The molecule has 0 unspecified atom stereocenters. The number of rotatable bonds is 6. The van der Waals surface area contributed by atoms with Crippen molar-refractivity contribution in [2.75, 3.05) is 11.9 Å². The molecule has 3 aromatic rings. The minimum Gasteiger partial charge on any atom is -0.449 e. The van der Waals surface area contributed by atoms with Gasteiger partial charge in [-0.3, -0.25) is 9.59 Å². The summed E-state index contributed by atoms with van der Waals surface area (Å²) in [7, 11) is -3.74. The fourth-order valence-electron chi connectivity index (χ4n) is 3.32. The molecule has 0 saturated heterocycles. The van der Waals surface area contributed by atoms with Crippen LogP contribution in [0.5, 0.6) is 5.75 Å². The number of hydrogen-bond donors (Lipinski definition) is 3. The van der Waals surface area contributed by atoms with E-state index in [2.05, 4.69) is 10.6 Å². The molecule has 1 aliphatic heterocycles. The van der Waals surface area contributed by atoms with Crippen molar-refractivity contribution in [3.05, 3.63) is 94.2 Å². The van der Waals surface area contributed by atoms with Crippen molar-refractivity contribution in [2.24, 2.45) is 5.14 Å². The molecule has 0 bridgehead atoms. The third-order valence-corrected chi connectivity index (χ3v) is 6.20. The quantitative estimate of drug-likeness (QED) is 0.450. The van der Waals surface area contributed by atoms with Crippen molar-refractivity contribution < 1.29 is 22.7 Å². The Bertz CT molecular complexity index is 1400. The van der Waals surface area contributed by atoms with Crippen molar-refractivity contribution >= 4 is 45.2 Å². The van der Waals surface area contributed by atoms with Crippen LogP contribution in [0.1, 0.15) is 21.5 Å². The van der Waals surface area contributed by atoms with Crippen LogP contribution in [0.4, 0.5) is 5.69 Å². The fourth-order valence-corrected chi connectivity index (χ4v) is 4.03. The second-order valence-electron chi connectivity index (χ2n) is 7.53. The lowest BCUT2D eigenvalue weighted by molar-refractivity contribution is -0.115. The molecule has 34 heavy (non-hydrogen) atoms. The van der Waals surface area contributed by atoms with Crippen LogP contribution in [0.2, 0.25) is 5.02 Å². The lowest BCUT2D eigenvalue weighted by Crippen LogP contribution is -2.27. The zero-order valence-corrected chi connectivity index (χ0v) is 19.3. The normalized spacial score (nSPS) is 14.2. The number of halogens is 1. The highest BCUT2D eigenvalue weighted by Crippen LogP contribution is 2.32. The molecule has 0 aliphatic carbocycles. The standard InChI is InChI=1S/C24H20ClN3O5S/c25-18-3-1-2-16(12-18)13-22-24(30)28-20-14-17(6-9-21(20)33-22)23(29)27-11-10-15-4-7-19(8-5-15)34(26,31)32/h1-9,12-14H,10-11H2,(H,27,29)(H,28,30)(H2,26,31,32). The zero-order chi connectivity index (χ0) is 24.3. The highest BCUT2D eigenvalue weighted by Gasteiger charge is 2.23. The van der Waals surface area contributed by atoms with Gasteiger partial charge in [-0.2, -0.15) is 0 Å². The van der Waals surface area contributed by atoms with E-state index in [0.29, 0.717) is 35.0 Å². The third-order valence-electron chi connectivity index (χ3n) is 5.03. The summed E-state index contributed by atoms with van der Waals surface area (Å²) < 4.78 is 28.4. The minimum absolute atomic E-state index is 0.0316. The Hall–Kier alpha value is -3.66. The van der Waals surface area contributed by atoms with Crippen LogP contribution in [0.25, 0.3) is 6.08 Å². The fraction of sp³-hybridized carbons (Fsp3) is 0.0833. The largest absolute Gasteiger partial charge is 0.449 e. The van der Waals surface area contributed by atoms with E-state index in [0.717, 1.165) is 11.1 Å². The van der Waals surface area contributed by atoms with E-state index in [1.54, 1.807) is 60.7 Å². The maximum atomic E-state index is 12.5. The number of benzene rings is 3. The molecule has 0 spiro atoms. The lowest BCUT2D eigenvalue weighted by atomic mass is 10.1. The number of ether oxygens (including phenoxy) is 1. The zero-order valence-electron chi connectivity index (χ0n) is 17.7. The van der Waals surface area contributed by atoms with Gasteiger partial charge in [0.1, 0.15) is 0 Å². The van der Waals surface area contributed by atoms with Crippen molar-refractivity contribution in [3.63, 3.8) is 0 Å². The molecule has 4 N–H and O–H groups in total. The van der Waals surface area contributed by atoms with Crippen LogP contribution in [0.3, 0.4) is 0 Å². The van der Waals surface area contributed by atoms with Crippen LogP contribution in [0, 0.1) is 0 Å². The predicted octanol–water partition coefficient (Wildman–Crippen LogP) is 3.33. The summed E-state index contributed by atoms with van der Waals surface area (Å²) >= 11 is 5.99. The Morgan fingerprint density at radius 3 is 2.56 bits per heavy atom. The average molecular weight is 498 g/mol. The first-order valence-electron chi connectivity index (χ1n) is 10.2. The minimum atomic E-state index is -3.74. The van der Waals surface area contributed by atoms with E-state index >= 15 is 0 Å². The van der Waals surface area contributed by atoms with E-state index in [-0.39, 0.29) is 16.6 Å². The molecule has 174 valence electrons. The van der Waals surface area contributed by atoms with Crippen LogP contribution in [0.15, 0.2) is 77.4 Å². The monoisotopic (exact) mass is 497 g/mol. The van der Waals surface area contributed by atoms with Gasteiger partial charge in [0.25, 0.3) is 11.8 Å². The summed E-state index contributed by atoms with van der Waals surface area (Å²) in [5.41, 5.74) is 2.31. The summed E-state index contributed by atoms with van der Waals surface area (Å²) in [6.45, 7) is 0.333. The van der Waals surface area contributed by atoms with Gasteiger partial charge in [-0.15, -0.1) is 0 Å². The van der Waals surface area contributed by atoms with Gasteiger partial charge >= 0.3 is 0 Å². The van der Waals surface area contributed by atoms with Gasteiger partial charge in [0, 0.05) is 17.1 Å². The molecule has 10 heteroatoms. The van der Waals surface area contributed by atoms with Crippen molar-refractivity contribution in [3.8, 4) is 5.75 Å². The number of hydrogen-bond acceptors (Lipinski definition) is 5.